The third-order valence-electron chi connectivity index (χ3n) is 3.47. The molecule has 1 amide bonds. The Morgan fingerprint density at radius 3 is 3.17 bits per heavy atom. The number of aromatic nitrogens is 3. The first-order valence-corrected chi connectivity index (χ1v) is 9.05. The monoisotopic (exact) mass is 405 g/mol. The van der Waals surface area contributed by atoms with Crippen LogP contribution in [0.5, 0.6) is 0 Å². The number of hydrogen-bond acceptors (Lipinski definition) is 5. The molecule has 3 heterocycles. The van der Waals surface area contributed by atoms with E-state index in [9.17, 15) is 4.79 Å². The number of nitrogens with one attached hydrogen (secondary N) is 1. The second kappa shape index (κ2) is 7.59. The van der Waals surface area contributed by atoms with Crippen molar-refractivity contribution in [2.75, 3.05) is 12.3 Å². The van der Waals surface area contributed by atoms with Crippen molar-refractivity contribution < 1.29 is 4.79 Å². The first-order chi connectivity index (χ1) is 11.6. The highest BCUT2D eigenvalue weighted by atomic mass is 79.9. The Morgan fingerprint density at radius 2 is 2.38 bits per heavy atom. The zero-order valence-electron chi connectivity index (χ0n) is 12.8. The highest BCUT2D eigenvalue weighted by Gasteiger charge is 2.09. The Bertz CT molecular complexity index is 872. The quantitative estimate of drug-likeness (QED) is 0.487. The summed E-state index contributed by atoms with van der Waals surface area (Å²) in [4.78, 5) is 20.1. The number of carbonyl (C=O) groups is 1. The molecule has 0 radical (unpaired) electrons. The Kier molecular flexibility index (Phi) is 5.27. The SMILES string of the molecule is Nc1ncc(C=CC(=O)NCCCn2ccnc2)c2scc(Br)c12. The van der Waals surface area contributed by atoms with Crippen molar-refractivity contribution in [1.82, 2.24) is 19.9 Å². The Labute approximate surface area is 151 Å². The summed E-state index contributed by atoms with van der Waals surface area (Å²) in [5.41, 5.74) is 6.78. The van der Waals surface area contributed by atoms with Gasteiger partial charge in [0.2, 0.25) is 5.91 Å². The number of aryl methyl sites for hydroxylation is 1. The topological polar surface area (TPSA) is 85.8 Å². The van der Waals surface area contributed by atoms with Gasteiger partial charge in [0, 0.05) is 63.3 Å². The van der Waals surface area contributed by atoms with Crippen molar-refractivity contribution >= 4 is 55.2 Å². The van der Waals surface area contributed by atoms with Crippen LogP contribution in [0, 0.1) is 0 Å². The zero-order valence-corrected chi connectivity index (χ0v) is 15.2. The molecule has 0 aliphatic carbocycles. The van der Waals surface area contributed by atoms with E-state index < -0.39 is 0 Å². The van der Waals surface area contributed by atoms with Gasteiger partial charge in [0.15, 0.2) is 0 Å². The van der Waals surface area contributed by atoms with Gasteiger partial charge < -0.3 is 15.6 Å². The minimum Gasteiger partial charge on any atom is -0.383 e. The molecule has 0 aromatic carbocycles. The van der Waals surface area contributed by atoms with Crippen LogP contribution in [0.3, 0.4) is 0 Å². The van der Waals surface area contributed by atoms with Gasteiger partial charge in [-0.2, -0.15) is 0 Å². The van der Waals surface area contributed by atoms with E-state index >= 15 is 0 Å². The summed E-state index contributed by atoms with van der Waals surface area (Å²) in [7, 11) is 0. The molecule has 0 saturated carbocycles. The summed E-state index contributed by atoms with van der Waals surface area (Å²) in [6.07, 6.45) is 11.2. The molecular formula is C16H16BrN5OS. The Balaban J connectivity index is 1.57. The van der Waals surface area contributed by atoms with E-state index in [0.29, 0.717) is 12.4 Å². The minimum atomic E-state index is -0.124. The molecule has 0 saturated heterocycles. The largest absolute Gasteiger partial charge is 0.383 e. The molecule has 0 spiro atoms. The predicted octanol–water partition coefficient (Wildman–Crippen LogP) is 3.06. The molecule has 124 valence electrons. The van der Waals surface area contributed by atoms with Gasteiger partial charge in [0.05, 0.1) is 6.33 Å². The number of pyridine rings is 1. The third-order valence-corrected chi connectivity index (χ3v) is 5.43. The summed E-state index contributed by atoms with van der Waals surface area (Å²) in [6, 6.07) is 0. The van der Waals surface area contributed by atoms with Crippen LogP contribution in [0.2, 0.25) is 0 Å². The average molecular weight is 406 g/mol. The number of fused-ring (bicyclic) bond motifs is 1. The lowest BCUT2D eigenvalue weighted by Crippen LogP contribution is -2.22. The van der Waals surface area contributed by atoms with Gasteiger partial charge in [-0.25, -0.2) is 9.97 Å². The number of amides is 1. The molecule has 3 rings (SSSR count). The summed E-state index contributed by atoms with van der Waals surface area (Å²) in [5, 5.41) is 5.73. The van der Waals surface area contributed by atoms with Crippen LogP contribution in [0.1, 0.15) is 12.0 Å². The molecule has 3 aromatic rings. The van der Waals surface area contributed by atoms with E-state index in [-0.39, 0.29) is 5.91 Å². The van der Waals surface area contributed by atoms with Gasteiger partial charge in [0.1, 0.15) is 5.82 Å². The molecule has 0 aliphatic rings. The van der Waals surface area contributed by atoms with Crippen LogP contribution in [0.25, 0.3) is 16.2 Å². The first-order valence-electron chi connectivity index (χ1n) is 7.38. The summed E-state index contributed by atoms with van der Waals surface area (Å²) >= 11 is 5.04. The van der Waals surface area contributed by atoms with Gasteiger partial charge in [-0.05, 0) is 28.4 Å². The second-order valence-corrected chi connectivity index (χ2v) is 6.90. The average Bonchev–Trinajstić information content (AvgIpc) is 3.21. The smallest absolute Gasteiger partial charge is 0.244 e. The maximum absolute atomic E-state index is 11.9. The highest BCUT2D eigenvalue weighted by molar-refractivity contribution is 9.10. The van der Waals surface area contributed by atoms with Gasteiger partial charge in [-0.3, -0.25) is 4.79 Å². The first kappa shape index (κ1) is 16.7. The third kappa shape index (κ3) is 3.82. The summed E-state index contributed by atoms with van der Waals surface area (Å²) in [5.74, 6) is 0.362. The number of nitrogen functional groups attached to an aromatic ring is 1. The molecule has 3 N–H and O–H groups in total. The summed E-state index contributed by atoms with van der Waals surface area (Å²) in [6.45, 7) is 1.44. The van der Waals surface area contributed by atoms with Crippen molar-refractivity contribution in [1.29, 1.82) is 0 Å². The van der Waals surface area contributed by atoms with Gasteiger partial charge in [-0.15, -0.1) is 11.3 Å². The lowest BCUT2D eigenvalue weighted by molar-refractivity contribution is -0.116. The molecule has 0 unspecified atom stereocenters. The number of halogens is 1. The molecule has 3 aromatic heterocycles. The highest BCUT2D eigenvalue weighted by Crippen LogP contribution is 2.35. The molecule has 0 atom stereocenters. The van der Waals surface area contributed by atoms with E-state index in [2.05, 4.69) is 31.2 Å². The molecule has 8 heteroatoms. The Morgan fingerprint density at radius 1 is 1.50 bits per heavy atom. The van der Waals surface area contributed by atoms with Crippen LogP contribution in [0.4, 0.5) is 5.82 Å². The van der Waals surface area contributed by atoms with Crippen LogP contribution < -0.4 is 11.1 Å². The number of nitrogens with two attached hydrogens (primary N) is 1. The van der Waals surface area contributed by atoms with Crippen molar-refractivity contribution in [3.05, 3.63) is 46.4 Å². The van der Waals surface area contributed by atoms with Gasteiger partial charge in [-0.1, -0.05) is 0 Å². The van der Waals surface area contributed by atoms with Crippen LogP contribution in [-0.4, -0.2) is 27.0 Å². The van der Waals surface area contributed by atoms with E-state index in [1.807, 2.05) is 16.1 Å². The molecular weight excluding hydrogens is 390 g/mol. The molecule has 0 bridgehead atoms. The fourth-order valence-electron chi connectivity index (χ4n) is 2.29. The number of nitrogens with zero attached hydrogens (tertiary/aromatic N) is 3. The predicted molar refractivity (Wildman–Crippen MR) is 101 cm³/mol. The van der Waals surface area contributed by atoms with E-state index in [1.165, 1.54) is 6.08 Å². The van der Waals surface area contributed by atoms with Crippen LogP contribution in [-0.2, 0) is 11.3 Å². The van der Waals surface area contributed by atoms with Gasteiger partial charge >= 0.3 is 0 Å². The van der Waals surface area contributed by atoms with E-state index in [4.69, 9.17) is 5.73 Å². The standard InChI is InChI=1S/C16H16BrN5OS/c17-12-9-24-15-11(8-21-16(18)14(12)15)2-3-13(23)20-4-1-6-22-7-5-19-10-22/h2-3,5,7-10H,1,4,6H2,(H2,18,21)(H,20,23). The van der Waals surface area contributed by atoms with Gasteiger partial charge in [0.25, 0.3) is 0 Å². The van der Waals surface area contributed by atoms with E-state index in [0.717, 1.165) is 33.1 Å². The number of carbonyl (C=O) groups excluding carboxylic acids is 1. The maximum Gasteiger partial charge on any atom is 0.244 e. The zero-order chi connectivity index (χ0) is 16.9. The number of anilines is 1. The van der Waals surface area contributed by atoms with Crippen molar-refractivity contribution in [2.24, 2.45) is 0 Å². The summed E-state index contributed by atoms with van der Waals surface area (Å²) < 4.78 is 3.91. The fraction of sp³-hybridized carbons (Fsp3) is 0.188. The number of thiophene rings is 1. The van der Waals surface area contributed by atoms with Crippen molar-refractivity contribution in [3.8, 4) is 0 Å². The number of hydrogen-bond donors (Lipinski definition) is 2. The van der Waals surface area contributed by atoms with Crippen LogP contribution in [0.15, 0.2) is 40.8 Å². The maximum atomic E-state index is 11.9. The number of imidazole rings is 1. The normalized spacial score (nSPS) is 11.4. The molecule has 6 nitrogen and oxygen atoms in total. The van der Waals surface area contributed by atoms with E-state index in [1.54, 1.807) is 36.1 Å². The van der Waals surface area contributed by atoms with Crippen LogP contribution >= 0.6 is 27.3 Å². The molecule has 24 heavy (non-hydrogen) atoms. The lowest BCUT2D eigenvalue weighted by atomic mass is 10.2. The second-order valence-electron chi connectivity index (χ2n) is 5.16. The van der Waals surface area contributed by atoms with Crippen molar-refractivity contribution in [2.45, 2.75) is 13.0 Å². The minimum absolute atomic E-state index is 0.124. The fourth-order valence-corrected chi connectivity index (χ4v) is 4.03. The number of rotatable bonds is 6. The molecule has 0 aliphatic heterocycles. The molecule has 0 fully saturated rings. The van der Waals surface area contributed by atoms with Crippen molar-refractivity contribution in [3.63, 3.8) is 0 Å². The Hall–Kier alpha value is -2.19. The lowest BCUT2D eigenvalue weighted by Gasteiger charge is -2.03.